The van der Waals surface area contributed by atoms with Crippen molar-refractivity contribution in [2.24, 2.45) is 0 Å². The summed E-state index contributed by atoms with van der Waals surface area (Å²) < 4.78 is 1.66. The molecule has 156 valence electrons. The van der Waals surface area contributed by atoms with E-state index in [1.165, 1.54) is 22.2 Å². The Labute approximate surface area is 184 Å². The Kier molecular flexibility index (Phi) is 6.11. The standard InChI is InChI=1S/C23H25N3O2S2/c1-4-13-26-22(28)18-16-11-8-12-17(16)29-21(18)25-23(26)30-19(20(27)24-14(2)3)15-9-6-5-7-10-15/h4-7,9-10,14,19H,1,8,11-13H2,2-3H3,(H,24,27). The van der Waals surface area contributed by atoms with E-state index >= 15 is 0 Å². The van der Waals surface area contributed by atoms with Gasteiger partial charge in [0.25, 0.3) is 5.56 Å². The third-order valence-electron chi connectivity index (χ3n) is 5.10. The zero-order valence-corrected chi connectivity index (χ0v) is 18.8. The zero-order chi connectivity index (χ0) is 21.3. The molecular formula is C23H25N3O2S2. The first kappa shape index (κ1) is 20.9. The lowest BCUT2D eigenvalue weighted by Gasteiger charge is -2.20. The van der Waals surface area contributed by atoms with Crippen LogP contribution in [0.4, 0.5) is 0 Å². The lowest BCUT2D eigenvalue weighted by molar-refractivity contribution is -0.121. The fourth-order valence-electron chi connectivity index (χ4n) is 3.80. The molecular weight excluding hydrogens is 414 g/mol. The molecule has 0 radical (unpaired) electrons. The molecule has 0 saturated carbocycles. The number of rotatable bonds is 7. The third kappa shape index (κ3) is 3.96. The fraction of sp³-hybridized carbons (Fsp3) is 0.348. The molecule has 0 bridgehead atoms. The summed E-state index contributed by atoms with van der Waals surface area (Å²) in [6.45, 7) is 8.06. The first-order valence-corrected chi connectivity index (χ1v) is 11.9. The first-order valence-electron chi connectivity index (χ1n) is 10.2. The van der Waals surface area contributed by atoms with Gasteiger partial charge in [-0.1, -0.05) is 48.2 Å². The van der Waals surface area contributed by atoms with Crippen LogP contribution in [0.3, 0.4) is 0 Å². The Bertz CT molecular complexity index is 1150. The van der Waals surface area contributed by atoms with Crippen LogP contribution in [0.1, 0.15) is 41.5 Å². The molecule has 1 atom stereocenters. The van der Waals surface area contributed by atoms with Crippen molar-refractivity contribution in [2.45, 2.75) is 56.1 Å². The number of thiophene rings is 1. The molecule has 2 aromatic heterocycles. The highest BCUT2D eigenvalue weighted by Gasteiger charge is 2.27. The number of nitrogens with zero attached hydrogens (tertiary/aromatic N) is 2. The largest absolute Gasteiger partial charge is 0.353 e. The molecule has 0 aliphatic heterocycles. The molecule has 0 spiro atoms. The summed E-state index contributed by atoms with van der Waals surface area (Å²) in [5.41, 5.74) is 2.02. The van der Waals surface area contributed by atoms with Gasteiger partial charge in [-0.05, 0) is 44.2 Å². The van der Waals surface area contributed by atoms with Crippen molar-refractivity contribution < 1.29 is 4.79 Å². The van der Waals surface area contributed by atoms with Crippen LogP contribution in [-0.2, 0) is 24.2 Å². The summed E-state index contributed by atoms with van der Waals surface area (Å²) in [6.07, 6.45) is 4.76. The molecule has 7 heteroatoms. The number of fused-ring (bicyclic) bond motifs is 3. The molecule has 2 heterocycles. The van der Waals surface area contributed by atoms with Crippen LogP contribution < -0.4 is 10.9 Å². The second kappa shape index (κ2) is 8.78. The van der Waals surface area contributed by atoms with E-state index in [0.717, 1.165) is 35.0 Å². The average molecular weight is 440 g/mol. The first-order chi connectivity index (χ1) is 14.5. The van der Waals surface area contributed by atoms with E-state index in [1.54, 1.807) is 22.0 Å². The van der Waals surface area contributed by atoms with Crippen molar-refractivity contribution >= 4 is 39.2 Å². The molecule has 0 fully saturated rings. The van der Waals surface area contributed by atoms with Crippen LogP contribution in [0.5, 0.6) is 0 Å². The van der Waals surface area contributed by atoms with Crippen LogP contribution in [0, 0.1) is 0 Å². The van der Waals surface area contributed by atoms with Crippen molar-refractivity contribution in [3.63, 3.8) is 0 Å². The fourth-order valence-corrected chi connectivity index (χ4v) is 6.22. The SMILES string of the molecule is C=CCn1c(SC(C(=O)NC(C)C)c2ccccc2)nc2sc3c(c2c1=O)CCC3. The highest BCUT2D eigenvalue weighted by molar-refractivity contribution is 8.00. The molecule has 5 nitrogen and oxygen atoms in total. The Balaban J connectivity index is 1.82. The Morgan fingerprint density at radius 3 is 2.80 bits per heavy atom. The smallest absolute Gasteiger partial charge is 0.263 e. The van der Waals surface area contributed by atoms with Crippen LogP contribution in [0.15, 0.2) is 52.9 Å². The Morgan fingerprint density at radius 2 is 2.10 bits per heavy atom. The predicted octanol–water partition coefficient (Wildman–Crippen LogP) is 4.49. The van der Waals surface area contributed by atoms with E-state index in [1.807, 2.05) is 44.2 Å². The third-order valence-corrected chi connectivity index (χ3v) is 7.53. The number of nitrogens with one attached hydrogen (secondary N) is 1. The van der Waals surface area contributed by atoms with Crippen LogP contribution in [0.25, 0.3) is 10.2 Å². The second-order valence-corrected chi connectivity index (χ2v) is 9.86. The summed E-state index contributed by atoms with van der Waals surface area (Å²) in [5, 5.41) is 3.81. The van der Waals surface area contributed by atoms with Crippen molar-refractivity contribution in [1.29, 1.82) is 0 Å². The molecule has 1 aromatic carbocycles. The molecule has 1 unspecified atom stereocenters. The number of thioether (sulfide) groups is 1. The van der Waals surface area contributed by atoms with Gasteiger partial charge in [0.2, 0.25) is 5.91 Å². The molecule has 4 rings (SSSR count). The summed E-state index contributed by atoms with van der Waals surface area (Å²) >= 11 is 2.95. The predicted molar refractivity (Wildman–Crippen MR) is 124 cm³/mol. The molecule has 1 N–H and O–H groups in total. The molecule has 0 saturated heterocycles. The molecule has 1 aliphatic carbocycles. The topological polar surface area (TPSA) is 64.0 Å². The lowest BCUT2D eigenvalue weighted by Crippen LogP contribution is -2.34. The minimum atomic E-state index is -0.499. The van der Waals surface area contributed by atoms with Gasteiger partial charge in [-0.25, -0.2) is 4.98 Å². The van der Waals surface area contributed by atoms with Crippen LogP contribution >= 0.6 is 23.1 Å². The van der Waals surface area contributed by atoms with E-state index in [4.69, 9.17) is 4.98 Å². The van der Waals surface area contributed by atoms with Crippen molar-refractivity contribution in [3.05, 3.63) is 69.3 Å². The van der Waals surface area contributed by atoms with Gasteiger partial charge in [-0.15, -0.1) is 17.9 Å². The van der Waals surface area contributed by atoms with Gasteiger partial charge < -0.3 is 5.32 Å². The quantitative estimate of drug-likeness (QED) is 0.335. The number of carbonyl (C=O) groups is 1. The Morgan fingerprint density at radius 1 is 1.33 bits per heavy atom. The Hall–Kier alpha value is -2.38. The maximum atomic E-state index is 13.4. The van der Waals surface area contributed by atoms with Gasteiger partial charge in [0.1, 0.15) is 10.1 Å². The summed E-state index contributed by atoms with van der Waals surface area (Å²) in [4.78, 5) is 33.3. The highest BCUT2D eigenvalue weighted by atomic mass is 32.2. The maximum Gasteiger partial charge on any atom is 0.263 e. The van der Waals surface area contributed by atoms with Crippen molar-refractivity contribution in [1.82, 2.24) is 14.9 Å². The number of hydrogen-bond acceptors (Lipinski definition) is 5. The molecule has 30 heavy (non-hydrogen) atoms. The number of benzene rings is 1. The summed E-state index contributed by atoms with van der Waals surface area (Å²) in [5.74, 6) is -0.0885. The monoisotopic (exact) mass is 439 g/mol. The van der Waals surface area contributed by atoms with E-state index in [0.29, 0.717) is 11.7 Å². The molecule has 1 amide bonds. The minimum absolute atomic E-state index is 0.0235. The number of aryl methyl sites for hydroxylation is 2. The van der Waals surface area contributed by atoms with Crippen LogP contribution in [0.2, 0.25) is 0 Å². The zero-order valence-electron chi connectivity index (χ0n) is 17.2. The van der Waals surface area contributed by atoms with E-state index in [9.17, 15) is 9.59 Å². The van der Waals surface area contributed by atoms with Crippen molar-refractivity contribution in [3.8, 4) is 0 Å². The minimum Gasteiger partial charge on any atom is -0.353 e. The number of amides is 1. The summed E-state index contributed by atoms with van der Waals surface area (Å²) in [6, 6.07) is 9.66. The van der Waals surface area contributed by atoms with Gasteiger partial charge in [0.15, 0.2) is 5.16 Å². The average Bonchev–Trinajstić information content (AvgIpc) is 3.29. The highest BCUT2D eigenvalue weighted by Crippen LogP contribution is 2.38. The number of allylic oxidation sites excluding steroid dienone is 1. The van der Waals surface area contributed by atoms with E-state index in [-0.39, 0.29) is 17.5 Å². The van der Waals surface area contributed by atoms with Gasteiger partial charge in [0, 0.05) is 17.5 Å². The van der Waals surface area contributed by atoms with E-state index < -0.39 is 5.25 Å². The number of aromatic nitrogens is 2. The van der Waals surface area contributed by atoms with Gasteiger partial charge in [0.05, 0.1) is 5.39 Å². The number of hydrogen-bond donors (Lipinski definition) is 1. The normalized spacial score (nSPS) is 14.1. The second-order valence-electron chi connectivity index (χ2n) is 7.71. The number of carbonyl (C=O) groups excluding carboxylic acids is 1. The maximum absolute atomic E-state index is 13.4. The van der Waals surface area contributed by atoms with E-state index in [2.05, 4.69) is 11.9 Å². The van der Waals surface area contributed by atoms with Gasteiger partial charge in [-0.3, -0.25) is 14.2 Å². The van der Waals surface area contributed by atoms with Gasteiger partial charge in [-0.2, -0.15) is 0 Å². The molecule has 3 aromatic rings. The lowest BCUT2D eigenvalue weighted by atomic mass is 10.1. The summed E-state index contributed by atoms with van der Waals surface area (Å²) in [7, 11) is 0. The molecule has 1 aliphatic rings. The van der Waals surface area contributed by atoms with Gasteiger partial charge >= 0.3 is 0 Å². The van der Waals surface area contributed by atoms with Crippen molar-refractivity contribution in [2.75, 3.05) is 0 Å². The van der Waals surface area contributed by atoms with Crippen LogP contribution in [-0.4, -0.2) is 21.5 Å².